The van der Waals surface area contributed by atoms with Crippen molar-refractivity contribution in [1.29, 1.82) is 0 Å². The van der Waals surface area contributed by atoms with Crippen molar-refractivity contribution in [2.75, 3.05) is 51.9 Å². The highest BCUT2D eigenvalue weighted by Crippen LogP contribution is 2.28. The molecule has 8 heteroatoms. The van der Waals surface area contributed by atoms with Crippen LogP contribution in [0.3, 0.4) is 0 Å². The van der Waals surface area contributed by atoms with E-state index in [0.29, 0.717) is 17.2 Å². The Balaban J connectivity index is 1.33. The second-order valence-electron chi connectivity index (χ2n) is 7.87. The number of nitrogens with zero attached hydrogens (tertiary/aromatic N) is 2. The van der Waals surface area contributed by atoms with Gasteiger partial charge in [-0.25, -0.2) is 4.98 Å². The van der Waals surface area contributed by atoms with E-state index in [4.69, 9.17) is 14.2 Å². The Hall–Kier alpha value is -3.36. The third-order valence-electron chi connectivity index (χ3n) is 5.49. The first kappa shape index (κ1) is 22.8. The molecule has 1 fully saturated rings. The lowest BCUT2D eigenvalue weighted by Gasteiger charge is -2.25. The highest BCUT2D eigenvalue weighted by Gasteiger charge is 2.12. The molecule has 1 aliphatic heterocycles. The second kappa shape index (κ2) is 11.0. The minimum atomic E-state index is -0.249. The van der Waals surface area contributed by atoms with Crippen LogP contribution in [0, 0.1) is 0 Å². The van der Waals surface area contributed by atoms with Crippen LogP contribution in [-0.2, 0) is 16.0 Å². The molecule has 33 heavy (non-hydrogen) atoms. The number of morpholine rings is 1. The van der Waals surface area contributed by atoms with Gasteiger partial charge in [0.1, 0.15) is 5.82 Å². The summed E-state index contributed by atoms with van der Waals surface area (Å²) in [6.45, 7) is 6.29. The summed E-state index contributed by atoms with van der Waals surface area (Å²) in [5.74, 6) is 1.80. The van der Waals surface area contributed by atoms with Crippen LogP contribution < -0.4 is 14.8 Å². The van der Waals surface area contributed by atoms with Crippen LogP contribution in [0.4, 0.5) is 5.69 Å². The molecule has 2 N–H and O–H groups in total. The number of aromatic nitrogens is 2. The fourth-order valence-corrected chi connectivity index (χ4v) is 3.79. The number of H-pyrrole nitrogens is 1. The minimum absolute atomic E-state index is 0.120. The predicted octanol–water partition coefficient (Wildman–Crippen LogP) is 3.50. The lowest BCUT2D eigenvalue weighted by atomic mass is 10.2. The number of carbonyl (C=O) groups excluding carboxylic acids is 1. The van der Waals surface area contributed by atoms with E-state index >= 15 is 0 Å². The zero-order valence-electron chi connectivity index (χ0n) is 19.1. The maximum absolute atomic E-state index is 12.4. The molecular weight excluding hydrogens is 420 g/mol. The zero-order valence-corrected chi connectivity index (χ0v) is 19.1. The summed E-state index contributed by atoms with van der Waals surface area (Å²) in [5, 5.41) is 2.88. The zero-order chi connectivity index (χ0) is 23.0. The van der Waals surface area contributed by atoms with Crippen LogP contribution in [0.15, 0.2) is 42.5 Å². The van der Waals surface area contributed by atoms with Gasteiger partial charge in [-0.05, 0) is 42.8 Å². The van der Waals surface area contributed by atoms with Gasteiger partial charge in [0, 0.05) is 31.7 Å². The van der Waals surface area contributed by atoms with Crippen LogP contribution in [0.1, 0.15) is 18.3 Å². The number of hydrogen-bond donors (Lipinski definition) is 2. The topological polar surface area (TPSA) is 88.7 Å². The van der Waals surface area contributed by atoms with E-state index in [9.17, 15) is 4.79 Å². The van der Waals surface area contributed by atoms with E-state index < -0.39 is 0 Å². The van der Waals surface area contributed by atoms with Crippen LogP contribution in [0.25, 0.3) is 17.1 Å². The van der Waals surface area contributed by atoms with Gasteiger partial charge in [-0.15, -0.1) is 0 Å². The molecule has 2 aromatic carbocycles. The van der Waals surface area contributed by atoms with Gasteiger partial charge in [-0.1, -0.05) is 18.2 Å². The van der Waals surface area contributed by atoms with Gasteiger partial charge >= 0.3 is 0 Å². The molecule has 0 spiro atoms. The third kappa shape index (κ3) is 6.12. The van der Waals surface area contributed by atoms with Crippen molar-refractivity contribution in [3.63, 3.8) is 0 Å². The molecule has 1 amide bonds. The number of benzene rings is 2. The van der Waals surface area contributed by atoms with Gasteiger partial charge in [0.25, 0.3) is 5.91 Å². The fourth-order valence-electron chi connectivity index (χ4n) is 3.79. The summed E-state index contributed by atoms with van der Waals surface area (Å²) in [6.07, 6.45) is 4.77. The lowest BCUT2D eigenvalue weighted by Crippen LogP contribution is -2.37. The summed E-state index contributed by atoms with van der Waals surface area (Å²) < 4.78 is 16.5. The Labute approximate surface area is 193 Å². The van der Waals surface area contributed by atoms with Crippen molar-refractivity contribution in [2.24, 2.45) is 0 Å². The van der Waals surface area contributed by atoms with Gasteiger partial charge in [0.2, 0.25) is 0 Å². The first-order valence-electron chi connectivity index (χ1n) is 11.2. The average molecular weight is 451 g/mol. The van der Waals surface area contributed by atoms with Crippen molar-refractivity contribution in [2.45, 2.75) is 13.3 Å². The lowest BCUT2D eigenvalue weighted by molar-refractivity contribution is -0.118. The molecule has 8 nitrogen and oxygen atoms in total. The Morgan fingerprint density at radius 1 is 1.21 bits per heavy atom. The number of allylic oxidation sites excluding steroid dienone is 1. The summed E-state index contributed by atoms with van der Waals surface area (Å²) >= 11 is 0. The first-order chi connectivity index (χ1) is 16.1. The smallest absolute Gasteiger partial charge is 0.262 e. The SMILES string of the molecule is CC=Cc1ccc(OCC(=O)Nc2ccc3nc(CCN4CCOCC4)[nH]c3c2)c(OC)c1. The highest BCUT2D eigenvalue weighted by atomic mass is 16.5. The quantitative estimate of drug-likeness (QED) is 0.519. The van der Waals surface area contributed by atoms with Crippen molar-refractivity contribution in [3.05, 3.63) is 53.9 Å². The van der Waals surface area contributed by atoms with Gasteiger partial charge in [0.15, 0.2) is 18.1 Å². The largest absolute Gasteiger partial charge is 0.493 e. The number of hydrogen-bond acceptors (Lipinski definition) is 6. The predicted molar refractivity (Wildman–Crippen MR) is 129 cm³/mol. The Kier molecular flexibility index (Phi) is 7.59. The molecule has 1 aliphatic rings. The maximum atomic E-state index is 12.4. The van der Waals surface area contributed by atoms with Gasteiger partial charge in [-0.3, -0.25) is 9.69 Å². The molecule has 2 heterocycles. The summed E-state index contributed by atoms with van der Waals surface area (Å²) in [5.41, 5.74) is 3.47. The Morgan fingerprint density at radius 3 is 2.85 bits per heavy atom. The average Bonchev–Trinajstić information content (AvgIpc) is 3.25. The molecule has 0 radical (unpaired) electrons. The first-order valence-corrected chi connectivity index (χ1v) is 11.2. The highest BCUT2D eigenvalue weighted by molar-refractivity contribution is 5.94. The molecule has 1 aromatic heterocycles. The number of carbonyl (C=O) groups is 1. The van der Waals surface area contributed by atoms with Gasteiger partial charge in [0.05, 0.1) is 31.4 Å². The third-order valence-corrected chi connectivity index (χ3v) is 5.49. The van der Waals surface area contributed by atoms with Crippen molar-refractivity contribution in [1.82, 2.24) is 14.9 Å². The maximum Gasteiger partial charge on any atom is 0.262 e. The van der Waals surface area contributed by atoms with Crippen LogP contribution >= 0.6 is 0 Å². The van der Waals surface area contributed by atoms with Crippen LogP contribution in [0.2, 0.25) is 0 Å². The molecule has 0 atom stereocenters. The molecule has 3 aromatic rings. The molecule has 0 aliphatic carbocycles. The van der Waals surface area contributed by atoms with Crippen molar-refractivity contribution < 1.29 is 19.0 Å². The number of anilines is 1. The number of nitrogens with one attached hydrogen (secondary N) is 2. The molecule has 174 valence electrons. The number of imidazole rings is 1. The van der Waals surface area contributed by atoms with Gasteiger partial charge < -0.3 is 24.5 Å². The molecule has 1 saturated heterocycles. The number of methoxy groups -OCH3 is 1. The normalized spacial score (nSPS) is 14.6. The standard InChI is InChI=1S/C25H30N4O4/c1-3-4-18-5-8-22(23(15-18)31-2)33-17-25(30)26-19-6-7-20-21(16-19)28-24(27-20)9-10-29-11-13-32-14-12-29/h3-8,15-16H,9-14,17H2,1-2H3,(H,26,30)(H,27,28). The van der Waals surface area contributed by atoms with Crippen molar-refractivity contribution in [3.8, 4) is 11.5 Å². The molecular formula is C25H30N4O4. The second-order valence-corrected chi connectivity index (χ2v) is 7.87. The number of fused-ring (bicyclic) bond motifs is 1. The summed E-state index contributed by atoms with van der Waals surface area (Å²) in [7, 11) is 1.58. The van der Waals surface area contributed by atoms with E-state index in [1.165, 1.54) is 0 Å². The van der Waals surface area contributed by atoms with Gasteiger partial charge in [-0.2, -0.15) is 0 Å². The van der Waals surface area contributed by atoms with E-state index in [1.54, 1.807) is 13.2 Å². The molecule has 0 saturated carbocycles. The summed E-state index contributed by atoms with van der Waals surface area (Å²) in [6, 6.07) is 11.2. The summed E-state index contributed by atoms with van der Waals surface area (Å²) in [4.78, 5) is 22.9. The molecule has 0 unspecified atom stereocenters. The molecule has 4 rings (SSSR count). The van der Waals surface area contributed by atoms with Crippen LogP contribution in [0.5, 0.6) is 11.5 Å². The van der Waals surface area contributed by atoms with E-state index in [2.05, 4.69) is 20.2 Å². The van der Waals surface area contributed by atoms with E-state index in [1.807, 2.05) is 49.4 Å². The van der Waals surface area contributed by atoms with E-state index in [-0.39, 0.29) is 12.5 Å². The molecule has 0 bridgehead atoms. The monoisotopic (exact) mass is 450 g/mol. The number of aromatic amines is 1. The van der Waals surface area contributed by atoms with Crippen LogP contribution in [-0.4, -0.2) is 67.3 Å². The number of rotatable bonds is 9. The van der Waals surface area contributed by atoms with E-state index in [0.717, 1.165) is 61.7 Å². The Morgan fingerprint density at radius 2 is 2.06 bits per heavy atom. The number of ether oxygens (including phenoxy) is 3. The fraction of sp³-hybridized carbons (Fsp3) is 0.360. The number of amides is 1. The Bertz CT molecular complexity index is 1120. The van der Waals surface area contributed by atoms with Crippen molar-refractivity contribution >= 4 is 28.7 Å². The minimum Gasteiger partial charge on any atom is -0.493 e.